The summed E-state index contributed by atoms with van der Waals surface area (Å²) >= 11 is 0. The molecule has 0 aliphatic heterocycles. The van der Waals surface area contributed by atoms with Gasteiger partial charge in [-0.05, 0) is 98.2 Å². The van der Waals surface area contributed by atoms with Gasteiger partial charge in [-0.25, -0.2) is 0 Å². The number of rotatable bonds is 2. The number of ketones is 1. The maximum Gasteiger partial charge on any atom is 0.185 e. The lowest BCUT2D eigenvalue weighted by Gasteiger charge is -2.21. The first-order valence-corrected chi connectivity index (χ1v) is 8.88. The number of hydrogen-bond donors (Lipinski definition) is 0. The van der Waals surface area contributed by atoms with Gasteiger partial charge in [-0.2, -0.15) is 0 Å². The fourth-order valence-corrected chi connectivity index (χ4v) is 3.41. The summed E-state index contributed by atoms with van der Waals surface area (Å²) in [4.78, 5) is 12.5. The SMILES string of the molecule is Cc1cc(/C=C2\C/C(=C\c3cc(C)c(C)c(C)c3)C2=O)cc(C)c1C. The van der Waals surface area contributed by atoms with E-state index >= 15 is 0 Å². The molecule has 25 heavy (non-hydrogen) atoms. The van der Waals surface area contributed by atoms with Gasteiger partial charge in [-0.3, -0.25) is 4.79 Å². The quantitative estimate of drug-likeness (QED) is 0.619. The molecule has 0 atom stereocenters. The minimum absolute atomic E-state index is 0.187. The maximum atomic E-state index is 12.5. The van der Waals surface area contributed by atoms with E-state index in [9.17, 15) is 4.79 Å². The van der Waals surface area contributed by atoms with Crippen LogP contribution in [0.2, 0.25) is 0 Å². The van der Waals surface area contributed by atoms with E-state index in [0.29, 0.717) is 0 Å². The minimum atomic E-state index is 0.187. The van der Waals surface area contributed by atoms with Gasteiger partial charge in [0.15, 0.2) is 5.78 Å². The highest BCUT2D eigenvalue weighted by Gasteiger charge is 2.27. The molecule has 1 saturated carbocycles. The normalized spacial score (nSPS) is 17.3. The van der Waals surface area contributed by atoms with E-state index in [1.54, 1.807) is 0 Å². The van der Waals surface area contributed by atoms with Gasteiger partial charge in [0.25, 0.3) is 0 Å². The van der Waals surface area contributed by atoms with Crippen molar-refractivity contribution in [1.29, 1.82) is 0 Å². The first-order chi connectivity index (χ1) is 11.8. The summed E-state index contributed by atoms with van der Waals surface area (Å²) in [5, 5.41) is 0. The molecule has 1 aliphatic rings. The van der Waals surface area contributed by atoms with Gasteiger partial charge in [0.1, 0.15) is 0 Å². The Morgan fingerprint density at radius 2 is 0.960 bits per heavy atom. The van der Waals surface area contributed by atoms with E-state index in [-0.39, 0.29) is 5.78 Å². The third-order valence-electron chi connectivity index (χ3n) is 5.54. The van der Waals surface area contributed by atoms with Gasteiger partial charge in [0, 0.05) is 17.6 Å². The summed E-state index contributed by atoms with van der Waals surface area (Å²) in [6, 6.07) is 8.65. The predicted octanol–water partition coefficient (Wildman–Crippen LogP) is 5.98. The van der Waals surface area contributed by atoms with Gasteiger partial charge in [-0.15, -0.1) is 0 Å². The Bertz CT molecular complexity index is 817. The van der Waals surface area contributed by atoms with Crippen LogP contribution in [0.15, 0.2) is 35.4 Å². The van der Waals surface area contributed by atoms with Gasteiger partial charge in [0.05, 0.1) is 0 Å². The summed E-state index contributed by atoms with van der Waals surface area (Å²) in [5.41, 5.74) is 11.8. The average molecular weight is 330 g/mol. The van der Waals surface area contributed by atoms with E-state index in [2.05, 4.69) is 65.8 Å². The molecule has 1 aliphatic carbocycles. The highest BCUT2D eigenvalue weighted by atomic mass is 16.1. The Morgan fingerprint density at radius 1 is 0.640 bits per heavy atom. The zero-order valence-corrected chi connectivity index (χ0v) is 16.1. The predicted molar refractivity (Wildman–Crippen MR) is 107 cm³/mol. The Kier molecular flexibility index (Phi) is 4.51. The van der Waals surface area contributed by atoms with E-state index in [1.165, 1.54) is 33.4 Å². The molecule has 128 valence electrons. The fraction of sp³-hybridized carbons (Fsp3) is 0.292. The summed E-state index contributed by atoms with van der Waals surface area (Å²) in [5.74, 6) is 0.187. The molecule has 0 radical (unpaired) electrons. The molecular weight excluding hydrogens is 304 g/mol. The van der Waals surface area contributed by atoms with Crippen LogP contribution in [-0.2, 0) is 4.79 Å². The van der Waals surface area contributed by atoms with Crippen molar-refractivity contribution in [1.82, 2.24) is 0 Å². The monoisotopic (exact) mass is 330 g/mol. The Morgan fingerprint density at radius 3 is 1.24 bits per heavy atom. The van der Waals surface area contributed by atoms with Crippen molar-refractivity contribution >= 4 is 17.9 Å². The lowest BCUT2D eigenvalue weighted by Crippen LogP contribution is -2.18. The smallest absolute Gasteiger partial charge is 0.185 e. The standard InChI is InChI=1S/C24H26O/c1-14-7-20(8-15(2)18(14)5)11-22-13-23(24(22)25)12-21-9-16(3)19(6)17(4)10-21/h7-12H,13H2,1-6H3/b22-11+,23-12+. The van der Waals surface area contributed by atoms with E-state index < -0.39 is 0 Å². The second-order valence-electron chi connectivity index (χ2n) is 7.40. The second-order valence-corrected chi connectivity index (χ2v) is 7.40. The highest BCUT2D eigenvalue weighted by Crippen LogP contribution is 2.32. The number of allylic oxidation sites excluding steroid dienone is 2. The minimum Gasteiger partial charge on any atom is -0.289 e. The molecule has 0 N–H and O–H groups in total. The number of aryl methyl sites for hydroxylation is 4. The van der Waals surface area contributed by atoms with Crippen molar-refractivity contribution in [3.63, 3.8) is 0 Å². The van der Waals surface area contributed by atoms with Crippen LogP contribution in [0.4, 0.5) is 0 Å². The molecule has 1 heteroatoms. The topological polar surface area (TPSA) is 17.1 Å². The van der Waals surface area contributed by atoms with Gasteiger partial charge in [0.2, 0.25) is 0 Å². The fourth-order valence-electron chi connectivity index (χ4n) is 3.41. The van der Waals surface area contributed by atoms with E-state index in [0.717, 1.165) is 28.7 Å². The summed E-state index contributed by atoms with van der Waals surface area (Å²) in [7, 11) is 0. The van der Waals surface area contributed by atoms with E-state index in [4.69, 9.17) is 0 Å². The summed E-state index contributed by atoms with van der Waals surface area (Å²) < 4.78 is 0. The molecule has 1 fully saturated rings. The van der Waals surface area contributed by atoms with Crippen LogP contribution < -0.4 is 0 Å². The molecule has 0 aromatic heterocycles. The number of benzene rings is 2. The van der Waals surface area contributed by atoms with Crippen LogP contribution in [0.3, 0.4) is 0 Å². The van der Waals surface area contributed by atoms with Crippen molar-refractivity contribution in [2.45, 2.75) is 48.0 Å². The molecule has 0 bridgehead atoms. The Labute approximate surface area is 151 Å². The van der Waals surface area contributed by atoms with Crippen molar-refractivity contribution in [3.05, 3.63) is 79.9 Å². The summed E-state index contributed by atoms with van der Waals surface area (Å²) in [6.45, 7) is 12.8. The maximum absolute atomic E-state index is 12.5. The number of carbonyl (C=O) groups is 1. The van der Waals surface area contributed by atoms with Crippen LogP contribution >= 0.6 is 0 Å². The molecular formula is C24H26O. The van der Waals surface area contributed by atoms with Gasteiger partial charge in [-0.1, -0.05) is 24.3 Å². The Balaban J connectivity index is 1.84. The zero-order chi connectivity index (χ0) is 18.3. The van der Waals surface area contributed by atoms with Crippen LogP contribution in [-0.4, -0.2) is 5.78 Å². The van der Waals surface area contributed by atoms with Crippen LogP contribution in [0.1, 0.15) is 50.9 Å². The number of Topliss-reactive ketones (excluding diaryl/α,β-unsaturated/α-hetero) is 1. The van der Waals surface area contributed by atoms with Crippen molar-refractivity contribution in [2.75, 3.05) is 0 Å². The number of carbonyl (C=O) groups excluding carboxylic acids is 1. The highest BCUT2D eigenvalue weighted by molar-refractivity contribution is 6.20. The molecule has 2 aromatic rings. The van der Waals surface area contributed by atoms with Crippen LogP contribution in [0.5, 0.6) is 0 Å². The van der Waals surface area contributed by atoms with Crippen molar-refractivity contribution in [3.8, 4) is 0 Å². The van der Waals surface area contributed by atoms with E-state index in [1.807, 2.05) is 12.2 Å². The second kappa shape index (κ2) is 6.48. The Hall–Kier alpha value is -2.41. The van der Waals surface area contributed by atoms with Crippen molar-refractivity contribution < 1.29 is 4.79 Å². The van der Waals surface area contributed by atoms with Gasteiger partial charge >= 0.3 is 0 Å². The first kappa shape index (κ1) is 17.4. The van der Waals surface area contributed by atoms with Gasteiger partial charge < -0.3 is 0 Å². The first-order valence-electron chi connectivity index (χ1n) is 8.88. The molecule has 3 rings (SSSR count). The molecule has 2 aromatic carbocycles. The van der Waals surface area contributed by atoms with Crippen LogP contribution in [0, 0.1) is 41.5 Å². The molecule has 0 saturated heterocycles. The van der Waals surface area contributed by atoms with Crippen molar-refractivity contribution in [2.24, 2.45) is 0 Å². The largest absolute Gasteiger partial charge is 0.289 e. The molecule has 0 amide bonds. The zero-order valence-electron chi connectivity index (χ0n) is 16.1. The number of hydrogen-bond acceptors (Lipinski definition) is 1. The molecule has 1 nitrogen and oxygen atoms in total. The lowest BCUT2D eigenvalue weighted by atomic mass is 9.81. The van der Waals surface area contributed by atoms with Crippen LogP contribution in [0.25, 0.3) is 12.2 Å². The summed E-state index contributed by atoms with van der Waals surface area (Å²) in [6.07, 6.45) is 4.85. The average Bonchev–Trinajstić information content (AvgIpc) is 2.56. The third kappa shape index (κ3) is 3.37. The third-order valence-corrected chi connectivity index (χ3v) is 5.54. The molecule has 0 spiro atoms. The lowest BCUT2D eigenvalue weighted by molar-refractivity contribution is -0.114. The molecule has 0 heterocycles. The molecule has 0 unspecified atom stereocenters.